The molecule has 2 heterocycles. The number of carbonyl (C=O) groups excluding carboxylic acids is 1. The van der Waals surface area contributed by atoms with E-state index in [0.717, 1.165) is 22.5 Å². The fraction of sp³-hybridized carbons (Fsp3) is 0.353. The number of sulfonamides is 1. The molecule has 0 aliphatic carbocycles. The quantitative estimate of drug-likeness (QED) is 0.851. The highest BCUT2D eigenvalue weighted by molar-refractivity contribution is 7.91. The van der Waals surface area contributed by atoms with Crippen LogP contribution < -0.4 is 5.32 Å². The van der Waals surface area contributed by atoms with Crippen molar-refractivity contribution in [3.8, 4) is 0 Å². The fourth-order valence-electron chi connectivity index (χ4n) is 2.93. The molecule has 0 bridgehead atoms. The Morgan fingerprint density at radius 2 is 2.04 bits per heavy atom. The molecule has 0 unspecified atom stereocenters. The lowest BCUT2D eigenvalue weighted by atomic mass is 10.1. The number of aryl methyl sites for hydroxylation is 2. The lowest BCUT2D eigenvalue weighted by molar-refractivity contribution is -0.119. The van der Waals surface area contributed by atoms with Crippen molar-refractivity contribution in [1.29, 1.82) is 0 Å². The van der Waals surface area contributed by atoms with Gasteiger partial charge >= 0.3 is 0 Å². The topological polar surface area (TPSA) is 66.5 Å². The van der Waals surface area contributed by atoms with Crippen LogP contribution in [-0.2, 0) is 14.8 Å². The normalized spacial score (nSPS) is 18.4. The molecule has 134 valence electrons. The maximum Gasteiger partial charge on any atom is 0.253 e. The number of amides is 1. The van der Waals surface area contributed by atoms with E-state index < -0.39 is 16.1 Å². The Morgan fingerprint density at radius 1 is 1.28 bits per heavy atom. The van der Waals surface area contributed by atoms with E-state index in [2.05, 4.69) is 5.32 Å². The number of anilines is 1. The minimum Gasteiger partial charge on any atom is -0.324 e. The van der Waals surface area contributed by atoms with Gasteiger partial charge in [0.05, 0.1) is 4.34 Å². The van der Waals surface area contributed by atoms with Crippen LogP contribution in [0.2, 0.25) is 4.34 Å². The zero-order valence-corrected chi connectivity index (χ0v) is 16.3. The van der Waals surface area contributed by atoms with Crippen molar-refractivity contribution in [3.05, 3.63) is 45.8 Å². The molecular formula is C17H19ClN2O3S2. The lowest BCUT2D eigenvalue weighted by Gasteiger charge is -2.23. The molecule has 5 nitrogen and oxygen atoms in total. The van der Waals surface area contributed by atoms with E-state index in [0.29, 0.717) is 29.4 Å². The molecule has 1 aliphatic rings. The first-order valence-corrected chi connectivity index (χ1v) is 10.6. The molecule has 3 rings (SSSR count). The van der Waals surface area contributed by atoms with E-state index >= 15 is 0 Å². The molecule has 1 saturated heterocycles. The first-order valence-electron chi connectivity index (χ1n) is 7.94. The first kappa shape index (κ1) is 18.4. The molecule has 0 saturated carbocycles. The molecule has 1 fully saturated rings. The van der Waals surface area contributed by atoms with Crippen LogP contribution >= 0.6 is 22.9 Å². The monoisotopic (exact) mass is 398 g/mol. The molecule has 1 aromatic heterocycles. The number of hydrogen-bond donors (Lipinski definition) is 1. The molecule has 2 aromatic rings. The van der Waals surface area contributed by atoms with Gasteiger partial charge in [-0.2, -0.15) is 4.31 Å². The predicted molar refractivity (Wildman–Crippen MR) is 101 cm³/mol. The number of halogens is 1. The average Bonchev–Trinajstić information content (AvgIpc) is 3.20. The van der Waals surface area contributed by atoms with Crippen molar-refractivity contribution in [2.45, 2.75) is 36.9 Å². The molecule has 1 N–H and O–H groups in total. The van der Waals surface area contributed by atoms with Gasteiger partial charge in [0, 0.05) is 12.2 Å². The second-order valence-corrected chi connectivity index (χ2v) is 9.97. The molecule has 1 atom stereocenters. The Bertz CT molecular complexity index is 908. The zero-order chi connectivity index (χ0) is 18.2. The van der Waals surface area contributed by atoms with Crippen LogP contribution in [0.4, 0.5) is 5.69 Å². The fourth-order valence-corrected chi connectivity index (χ4v) is 6.20. The molecule has 1 aromatic carbocycles. The van der Waals surface area contributed by atoms with Crippen LogP contribution in [0.1, 0.15) is 24.0 Å². The summed E-state index contributed by atoms with van der Waals surface area (Å²) < 4.78 is 27.5. The SMILES string of the molecule is Cc1ccc(C)c(NC(=O)[C@@H]2CCCN2S(=O)(=O)c2ccc(Cl)s2)c1. The third kappa shape index (κ3) is 3.74. The zero-order valence-electron chi connectivity index (χ0n) is 14.0. The van der Waals surface area contributed by atoms with Gasteiger partial charge in [0.1, 0.15) is 10.3 Å². The number of rotatable bonds is 4. The molecule has 1 amide bonds. The van der Waals surface area contributed by atoms with Crippen molar-refractivity contribution in [2.75, 3.05) is 11.9 Å². The molecule has 1 aliphatic heterocycles. The first-order chi connectivity index (χ1) is 11.8. The number of nitrogens with one attached hydrogen (secondary N) is 1. The van der Waals surface area contributed by atoms with Gasteiger partial charge < -0.3 is 5.32 Å². The van der Waals surface area contributed by atoms with Gasteiger partial charge in [-0.05, 0) is 56.0 Å². The Kier molecular flexibility index (Phi) is 5.20. The van der Waals surface area contributed by atoms with E-state index in [-0.39, 0.29) is 10.1 Å². The second kappa shape index (κ2) is 7.07. The summed E-state index contributed by atoms with van der Waals surface area (Å²) in [7, 11) is -3.72. The maximum absolute atomic E-state index is 12.8. The van der Waals surface area contributed by atoms with Gasteiger partial charge in [-0.1, -0.05) is 23.7 Å². The molecule has 25 heavy (non-hydrogen) atoms. The van der Waals surface area contributed by atoms with Gasteiger partial charge in [0.2, 0.25) is 5.91 Å². The average molecular weight is 399 g/mol. The third-order valence-electron chi connectivity index (χ3n) is 4.27. The Morgan fingerprint density at radius 3 is 2.72 bits per heavy atom. The van der Waals surface area contributed by atoms with Crippen LogP contribution in [0.5, 0.6) is 0 Å². The van der Waals surface area contributed by atoms with Crippen molar-refractivity contribution in [2.24, 2.45) is 0 Å². The number of thiophene rings is 1. The van der Waals surface area contributed by atoms with E-state index in [1.165, 1.54) is 10.4 Å². The minimum absolute atomic E-state index is 0.170. The van der Waals surface area contributed by atoms with E-state index in [1.54, 1.807) is 6.07 Å². The van der Waals surface area contributed by atoms with Crippen molar-refractivity contribution in [3.63, 3.8) is 0 Å². The molecule has 0 spiro atoms. The van der Waals surface area contributed by atoms with Crippen LogP contribution in [0, 0.1) is 13.8 Å². The van der Waals surface area contributed by atoms with Crippen molar-refractivity contribution >= 4 is 44.6 Å². The van der Waals surface area contributed by atoms with Crippen LogP contribution in [0.3, 0.4) is 0 Å². The van der Waals surface area contributed by atoms with Crippen LogP contribution in [0.15, 0.2) is 34.5 Å². The minimum atomic E-state index is -3.72. The summed E-state index contributed by atoms with van der Waals surface area (Å²) >= 11 is 6.88. The molecule has 8 heteroatoms. The summed E-state index contributed by atoms with van der Waals surface area (Å²) in [6.07, 6.45) is 1.16. The van der Waals surface area contributed by atoms with E-state index in [9.17, 15) is 13.2 Å². The third-order valence-corrected chi connectivity index (χ3v) is 7.88. The Hall–Kier alpha value is -1.41. The lowest BCUT2D eigenvalue weighted by Crippen LogP contribution is -2.42. The summed E-state index contributed by atoms with van der Waals surface area (Å²) in [5.41, 5.74) is 2.69. The highest BCUT2D eigenvalue weighted by atomic mass is 35.5. The second-order valence-electron chi connectivity index (χ2n) is 6.14. The summed E-state index contributed by atoms with van der Waals surface area (Å²) in [5.74, 6) is -0.294. The standard InChI is InChI=1S/C17H19ClN2O3S2/c1-11-5-6-12(2)13(10-11)19-17(21)14-4-3-9-20(14)25(22,23)16-8-7-15(18)24-16/h5-8,10,14H,3-4,9H2,1-2H3,(H,19,21)/t14-/m0/s1. The van der Waals surface area contributed by atoms with Gasteiger partial charge in [-0.15, -0.1) is 11.3 Å². The predicted octanol–water partition coefficient (Wildman–Crippen LogP) is 3.81. The van der Waals surface area contributed by atoms with Crippen molar-refractivity contribution in [1.82, 2.24) is 4.31 Å². The summed E-state index contributed by atoms with van der Waals surface area (Å²) in [6, 6.07) is 8.13. The van der Waals surface area contributed by atoms with Crippen LogP contribution in [0.25, 0.3) is 0 Å². The Balaban J connectivity index is 1.84. The Labute approximate surface area is 156 Å². The van der Waals surface area contributed by atoms with Crippen molar-refractivity contribution < 1.29 is 13.2 Å². The molecule has 0 radical (unpaired) electrons. The number of hydrogen-bond acceptors (Lipinski definition) is 4. The smallest absolute Gasteiger partial charge is 0.253 e. The highest BCUT2D eigenvalue weighted by Gasteiger charge is 2.40. The maximum atomic E-state index is 12.8. The summed E-state index contributed by atoms with van der Waals surface area (Å²) in [6.45, 7) is 4.19. The van der Waals surface area contributed by atoms with E-state index in [1.807, 2.05) is 32.0 Å². The summed E-state index contributed by atoms with van der Waals surface area (Å²) in [4.78, 5) is 12.7. The number of carbonyl (C=O) groups is 1. The summed E-state index contributed by atoms with van der Waals surface area (Å²) in [5, 5.41) is 2.88. The van der Waals surface area contributed by atoms with Gasteiger partial charge in [-0.25, -0.2) is 8.42 Å². The highest BCUT2D eigenvalue weighted by Crippen LogP contribution is 2.32. The van der Waals surface area contributed by atoms with Crippen LogP contribution in [-0.4, -0.2) is 31.2 Å². The van der Waals surface area contributed by atoms with E-state index in [4.69, 9.17) is 11.6 Å². The van der Waals surface area contributed by atoms with Gasteiger partial charge in [0.15, 0.2) is 0 Å². The van der Waals surface area contributed by atoms with Gasteiger partial charge in [-0.3, -0.25) is 4.79 Å². The molecular weight excluding hydrogens is 380 g/mol. The van der Waals surface area contributed by atoms with Gasteiger partial charge in [0.25, 0.3) is 10.0 Å². The number of benzene rings is 1. The number of nitrogens with zero attached hydrogens (tertiary/aromatic N) is 1. The largest absolute Gasteiger partial charge is 0.324 e.